The molecule has 6 heteroatoms. The van der Waals surface area contributed by atoms with Crippen molar-refractivity contribution in [2.24, 2.45) is 4.99 Å². The molecule has 0 fully saturated rings. The highest BCUT2D eigenvalue weighted by Crippen LogP contribution is 2.15. The number of aliphatic imine (C=N–C) groups is 1. The monoisotopic (exact) mass is 374 g/mol. The van der Waals surface area contributed by atoms with Gasteiger partial charge in [0.2, 0.25) is 0 Å². The zero-order valence-corrected chi connectivity index (χ0v) is 15.0. The normalized spacial score (nSPS) is 11.1. The lowest BCUT2D eigenvalue weighted by Crippen LogP contribution is -2.10. The molecule has 6 nitrogen and oxygen atoms in total. The van der Waals surface area contributed by atoms with E-state index in [4.69, 9.17) is 4.74 Å². The second-order valence-corrected chi connectivity index (χ2v) is 6.07. The van der Waals surface area contributed by atoms with Gasteiger partial charge in [-0.15, -0.1) is 0 Å². The smallest absolute Gasteiger partial charge is 0.434 e. The van der Waals surface area contributed by atoms with Crippen LogP contribution in [0, 0.1) is 10.1 Å². The summed E-state index contributed by atoms with van der Waals surface area (Å²) in [5.74, 6) is 0. The molecule has 0 atom stereocenters. The molecule has 0 saturated carbocycles. The second kappa shape index (κ2) is 9.23. The van der Waals surface area contributed by atoms with Gasteiger partial charge in [-0.1, -0.05) is 60.7 Å². The second-order valence-electron chi connectivity index (χ2n) is 6.07. The van der Waals surface area contributed by atoms with Gasteiger partial charge in [-0.05, 0) is 28.8 Å². The summed E-state index contributed by atoms with van der Waals surface area (Å²) in [7, 11) is 0. The Balaban J connectivity index is 1.81. The highest BCUT2D eigenvalue weighted by molar-refractivity contribution is 6.06. The first-order valence-electron chi connectivity index (χ1n) is 8.69. The van der Waals surface area contributed by atoms with Crippen molar-refractivity contribution in [3.05, 3.63) is 112 Å². The van der Waals surface area contributed by atoms with Gasteiger partial charge < -0.3 is 4.74 Å². The predicted molar refractivity (Wildman–Crippen MR) is 106 cm³/mol. The Hall–Kier alpha value is -3.80. The van der Waals surface area contributed by atoms with Gasteiger partial charge in [0.1, 0.15) is 6.61 Å². The molecule has 0 aliphatic carbocycles. The molecule has 3 aromatic rings. The Morgan fingerprint density at radius 1 is 0.857 bits per heavy atom. The van der Waals surface area contributed by atoms with Crippen LogP contribution < -0.4 is 0 Å². The largest absolute Gasteiger partial charge is 0.443 e. The lowest BCUT2D eigenvalue weighted by Gasteiger charge is -2.08. The molecule has 0 unspecified atom stereocenters. The molecule has 0 radical (unpaired) electrons. The summed E-state index contributed by atoms with van der Waals surface area (Å²) in [4.78, 5) is 26.8. The van der Waals surface area contributed by atoms with Gasteiger partial charge in [0, 0.05) is 18.6 Å². The Labute approximate surface area is 162 Å². The van der Waals surface area contributed by atoms with Gasteiger partial charge in [-0.3, -0.25) is 10.1 Å². The fraction of sp³-hybridized carbons (Fsp3) is 0.0909. The SMILES string of the molecule is O=C(N=C(Cc1ccccc1)c1ccc([N+](=O)[O-])cc1)OCc1ccccc1. The van der Waals surface area contributed by atoms with Crippen molar-refractivity contribution < 1.29 is 14.5 Å². The summed E-state index contributed by atoms with van der Waals surface area (Å²) in [6.45, 7) is 0.127. The van der Waals surface area contributed by atoms with Gasteiger partial charge in [0.05, 0.1) is 10.6 Å². The van der Waals surface area contributed by atoms with Crippen LogP contribution >= 0.6 is 0 Å². The number of carbonyl (C=O) groups is 1. The van der Waals surface area contributed by atoms with E-state index in [-0.39, 0.29) is 12.3 Å². The number of rotatable bonds is 6. The van der Waals surface area contributed by atoms with Crippen LogP contribution in [0.2, 0.25) is 0 Å². The minimum atomic E-state index is -0.701. The zero-order chi connectivity index (χ0) is 19.8. The van der Waals surface area contributed by atoms with E-state index in [9.17, 15) is 14.9 Å². The minimum absolute atomic E-state index is 0.0190. The number of amides is 1. The summed E-state index contributed by atoms with van der Waals surface area (Å²) in [5, 5.41) is 10.9. The molecule has 1 amide bonds. The predicted octanol–water partition coefficient (Wildman–Crippen LogP) is 4.96. The Kier molecular flexibility index (Phi) is 6.25. The number of hydrogen-bond acceptors (Lipinski definition) is 4. The van der Waals surface area contributed by atoms with Crippen LogP contribution in [-0.4, -0.2) is 16.7 Å². The number of ether oxygens (including phenoxy) is 1. The summed E-state index contributed by atoms with van der Waals surface area (Å²) >= 11 is 0. The molecular weight excluding hydrogens is 356 g/mol. The number of nitro benzene ring substituents is 1. The minimum Gasteiger partial charge on any atom is -0.443 e. The van der Waals surface area contributed by atoms with Crippen molar-refractivity contribution in [3.8, 4) is 0 Å². The molecule has 0 saturated heterocycles. The maximum absolute atomic E-state index is 12.2. The maximum Gasteiger partial charge on any atom is 0.434 e. The van der Waals surface area contributed by atoms with Crippen LogP contribution in [0.25, 0.3) is 0 Å². The number of hydrogen-bond donors (Lipinski definition) is 0. The number of benzene rings is 3. The number of non-ortho nitro benzene ring substituents is 1. The van der Waals surface area contributed by atoms with E-state index < -0.39 is 11.0 Å². The quantitative estimate of drug-likeness (QED) is 0.347. The summed E-state index contributed by atoms with van der Waals surface area (Å²) in [5.41, 5.74) is 2.93. The van der Waals surface area contributed by atoms with Crippen LogP contribution in [-0.2, 0) is 17.8 Å². The third kappa shape index (κ3) is 5.35. The first-order valence-corrected chi connectivity index (χ1v) is 8.69. The number of nitrogens with zero attached hydrogens (tertiary/aromatic N) is 2. The van der Waals surface area contributed by atoms with Crippen LogP contribution in [0.15, 0.2) is 89.9 Å². The lowest BCUT2D eigenvalue weighted by atomic mass is 10.0. The van der Waals surface area contributed by atoms with Crippen LogP contribution in [0.4, 0.5) is 10.5 Å². The molecule has 140 valence electrons. The molecule has 0 aliphatic heterocycles. The molecule has 0 heterocycles. The average molecular weight is 374 g/mol. The van der Waals surface area contributed by atoms with E-state index in [2.05, 4.69) is 4.99 Å². The van der Waals surface area contributed by atoms with E-state index in [0.29, 0.717) is 17.7 Å². The molecule has 0 spiro atoms. The number of nitro groups is 1. The number of carbonyl (C=O) groups excluding carboxylic acids is 1. The molecule has 0 aliphatic rings. The van der Waals surface area contributed by atoms with Gasteiger partial charge in [0.15, 0.2) is 0 Å². The van der Waals surface area contributed by atoms with E-state index in [1.165, 1.54) is 12.1 Å². The van der Waals surface area contributed by atoms with E-state index in [1.807, 2.05) is 60.7 Å². The third-order valence-electron chi connectivity index (χ3n) is 4.06. The van der Waals surface area contributed by atoms with Crippen molar-refractivity contribution >= 4 is 17.5 Å². The van der Waals surface area contributed by atoms with Crippen molar-refractivity contribution in [2.45, 2.75) is 13.0 Å². The van der Waals surface area contributed by atoms with Crippen molar-refractivity contribution in [1.29, 1.82) is 0 Å². The molecular formula is C22H18N2O4. The lowest BCUT2D eigenvalue weighted by molar-refractivity contribution is -0.384. The van der Waals surface area contributed by atoms with Crippen molar-refractivity contribution in [2.75, 3.05) is 0 Å². The summed E-state index contributed by atoms with van der Waals surface area (Å²) < 4.78 is 5.25. The van der Waals surface area contributed by atoms with E-state index >= 15 is 0 Å². The van der Waals surface area contributed by atoms with Gasteiger partial charge in [-0.25, -0.2) is 4.79 Å². The highest BCUT2D eigenvalue weighted by atomic mass is 16.6. The molecule has 3 rings (SSSR count). The zero-order valence-electron chi connectivity index (χ0n) is 15.0. The van der Waals surface area contributed by atoms with Crippen LogP contribution in [0.1, 0.15) is 16.7 Å². The molecule has 0 aromatic heterocycles. The summed E-state index contributed by atoms with van der Waals surface area (Å²) in [6, 6.07) is 24.9. The van der Waals surface area contributed by atoms with E-state index in [0.717, 1.165) is 11.1 Å². The molecule has 0 N–H and O–H groups in total. The van der Waals surface area contributed by atoms with Gasteiger partial charge in [0.25, 0.3) is 5.69 Å². The fourth-order valence-electron chi connectivity index (χ4n) is 2.63. The van der Waals surface area contributed by atoms with E-state index in [1.54, 1.807) is 12.1 Å². The Bertz CT molecular complexity index is 968. The maximum atomic E-state index is 12.2. The van der Waals surface area contributed by atoms with Gasteiger partial charge >= 0.3 is 6.09 Å². The van der Waals surface area contributed by atoms with Gasteiger partial charge in [-0.2, -0.15) is 4.99 Å². The molecule has 28 heavy (non-hydrogen) atoms. The molecule has 0 bridgehead atoms. The summed E-state index contributed by atoms with van der Waals surface area (Å²) in [6.07, 6.45) is -0.299. The molecule has 3 aromatic carbocycles. The first kappa shape index (κ1) is 19.0. The third-order valence-corrected chi connectivity index (χ3v) is 4.06. The standard InChI is InChI=1S/C22H18N2O4/c25-22(28-16-18-9-5-2-6-10-18)23-21(15-17-7-3-1-4-8-17)19-11-13-20(14-12-19)24(26)27/h1-14H,15-16H2. The Morgan fingerprint density at radius 3 is 2.00 bits per heavy atom. The topological polar surface area (TPSA) is 81.8 Å². The average Bonchev–Trinajstić information content (AvgIpc) is 2.73. The van der Waals surface area contributed by atoms with Crippen molar-refractivity contribution in [3.63, 3.8) is 0 Å². The fourth-order valence-corrected chi connectivity index (χ4v) is 2.63. The van der Waals surface area contributed by atoms with Crippen LogP contribution in [0.3, 0.4) is 0 Å². The van der Waals surface area contributed by atoms with Crippen molar-refractivity contribution in [1.82, 2.24) is 0 Å². The van der Waals surface area contributed by atoms with Crippen LogP contribution in [0.5, 0.6) is 0 Å². The Morgan fingerprint density at radius 2 is 1.43 bits per heavy atom. The first-order chi connectivity index (χ1) is 13.6. The highest BCUT2D eigenvalue weighted by Gasteiger charge is 2.12.